The molecular formula is C20H19N5O2S. The number of anilines is 1. The third kappa shape index (κ3) is 3.22. The molecule has 0 saturated carbocycles. The first-order valence-corrected chi connectivity index (χ1v) is 10.2. The Morgan fingerprint density at radius 2 is 1.50 bits per heavy atom. The minimum atomic E-state index is -3.78. The first kappa shape index (κ1) is 18.1. The lowest BCUT2D eigenvalue weighted by molar-refractivity contribution is 0.601. The monoisotopic (exact) mass is 393 g/mol. The van der Waals surface area contributed by atoms with Crippen LogP contribution < -0.4 is 4.72 Å². The molecule has 0 amide bonds. The number of benzene rings is 2. The molecule has 0 saturated heterocycles. The van der Waals surface area contributed by atoms with Gasteiger partial charge < -0.3 is 4.57 Å². The standard InChI is InChI=1S/C20H19N5O2S/c1-13-4-8-15(9-5-13)19-23-17-18(21-12-22-20(17)25(19)3)24-28(26,27)16-10-6-14(2)7-11-16/h4-12H,1-3H3,(H,21,22,24). The van der Waals surface area contributed by atoms with Crippen LogP contribution in [-0.4, -0.2) is 27.9 Å². The Morgan fingerprint density at radius 1 is 0.893 bits per heavy atom. The minimum absolute atomic E-state index is 0.152. The van der Waals surface area contributed by atoms with Gasteiger partial charge in [-0.05, 0) is 26.0 Å². The van der Waals surface area contributed by atoms with Gasteiger partial charge in [-0.15, -0.1) is 0 Å². The number of aryl methyl sites for hydroxylation is 3. The zero-order chi connectivity index (χ0) is 19.9. The van der Waals surface area contributed by atoms with Gasteiger partial charge in [0.1, 0.15) is 12.2 Å². The van der Waals surface area contributed by atoms with E-state index in [9.17, 15) is 8.42 Å². The van der Waals surface area contributed by atoms with Crippen LogP contribution in [0.3, 0.4) is 0 Å². The summed E-state index contributed by atoms with van der Waals surface area (Å²) in [6.45, 7) is 3.92. The molecule has 0 atom stereocenters. The number of fused-ring (bicyclic) bond motifs is 1. The van der Waals surface area contributed by atoms with E-state index in [1.807, 2.05) is 49.7 Å². The summed E-state index contributed by atoms with van der Waals surface area (Å²) in [6, 6.07) is 14.6. The Balaban J connectivity index is 1.79. The number of sulfonamides is 1. The lowest BCUT2D eigenvalue weighted by Crippen LogP contribution is -2.14. The predicted molar refractivity (Wildman–Crippen MR) is 108 cm³/mol. The molecule has 7 nitrogen and oxygen atoms in total. The highest BCUT2D eigenvalue weighted by Gasteiger charge is 2.20. The lowest BCUT2D eigenvalue weighted by atomic mass is 10.1. The zero-order valence-corrected chi connectivity index (χ0v) is 16.5. The molecule has 0 aliphatic carbocycles. The predicted octanol–water partition coefficient (Wildman–Crippen LogP) is 3.45. The van der Waals surface area contributed by atoms with Crippen LogP contribution in [0.25, 0.3) is 22.6 Å². The van der Waals surface area contributed by atoms with Crippen LogP contribution in [0.2, 0.25) is 0 Å². The van der Waals surface area contributed by atoms with Gasteiger partial charge in [0.25, 0.3) is 10.0 Å². The zero-order valence-electron chi connectivity index (χ0n) is 15.7. The van der Waals surface area contributed by atoms with E-state index in [1.54, 1.807) is 24.3 Å². The van der Waals surface area contributed by atoms with Gasteiger partial charge in [-0.1, -0.05) is 47.5 Å². The molecule has 142 valence electrons. The average molecular weight is 393 g/mol. The summed E-state index contributed by atoms with van der Waals surface area (Å²) >= 11 is 0. The second-order valence-electron chi connectivity index (χ2n) is 6.67. The normalized spacial score (nSPS) is 11.7. The lowest BCUT2D eigenvalue weighted by Gasteiger charge is -2.07. The Kier molecular flexibility index (Phi) is 4.35. The van der Waals surface area contributed by atoms with Crippen LogP contribution in [0.4, 0.5) is 5.82 Å². The summed E-state index contributed by atoms with van der Waals surface area (Å²) in [5, 5.41) is 0. The fourth-order valence-corrected chi connectivity index (χ4v) is 3.95. The van der Waals surface area contributed by atoms with Crippen molar-refractivity contribution in [1.29, 1.82) is 0 Å². The molecule has 0 radical (unpaired) electrons. The average Bonchev–Trinajstić information content (AvgIpc) is 3.01. The highest BCUT2D eigenvalue weighted by atomic mass is 32.2. The summed E-state index contributed by atoms with van der Waals surface area (Å²) in [7, 11) is -1.94. The molecule has 8 heteroatoms. The van der Waals surface area contributed by atoms with E-state index in [1.165, 1.54) is 6.33 Å². The minimum Gasteiger partial charge on any atom is -0.312 e. The van der Waals surface area contributed by atoms with E-state index in [2.05, 4.69) is 19.7 Å². The van der Waals surface area contributed by atoms with Gasteiger partial charge in [0, 0.05) is 12.6 Å². The molecule has 0 aliphatic rings. The molecule has 1 N–H and O–H groups in total. The second kappa shape index (κ2) is 6.72. The van der Waals surface area contributed by atoms with Crippen molar-refractivity contribution in [3.05, 3.63) is 66.0 Å². The van der Waals surface area contributed by atoms with Gasteiger partial charge >= 0.3 is 0 Å². The van der Waals surface area contributed by atoms with Crippen molar-refractivity contribution in [2.75, 3.05) is 4.72 Å². The second-order valence-corrected chi connectivity index (χ2v) is 8.36. The highest BCUT2D eigenvalue weighted by molar-refractivity contribution is 7.92. The first-order valence-electron chi connectivity index (χ1n) is 8.69. The molecule has 0 bridgehead atoms. The molecule has 2 heterocycles. The fourth-order valence-electron chi connectivity index (χ4n) is 2.94. The largest absolute Gasteiger partial charge is 0.312 e. The fraction of sp³-hybridized carbons (Fsp3) is 0.150. The molecular weight excluding hydrogens is 374 g/mol. The maximum atomic E-state index is 12.7. The maximum Gasteiger partial charge on any atom is 0.263 e. The van der Waals surface area contributed by atoms with Gasteiger partial charge in [0.05, 0.1) is 4.90 Å². The van der Waals surface area contributed by atoms with Crippen LogP contribution in [0.5, 0.6) is 0 Å². The topological polar surface area (TPSA) is 89.8 Å². The number of nitrogens with zero attached hydrogens (tertiary/aromatic N) is 4. The third-order valence-electron chi connectivity index (χ3n) is 4.53. The number of rotatable bonds is 4. The van der Waals surface area contributed by atoms with Gasteiger partial charge in [0.2, 0.25) is 0 Å². The molecule has 2 aromatic carbocycles. The summed E-state index contributed by atoms with van der Waals surface area (Å²) in [5.41, 5.74) is 3.99. The number of imidazole rings is 1. The highest BCUT2D eigenvalue weighted by Crippen LogP contribution is 2.27. The van der Waals surface area contributed by atoms with E-state index in [0.717, 1.165) is 16.7 Å². The van der Waals surface area contributed by atoms with Crippen molar-refractivity contribution in [2.24, 2.45) is 7.05 Å². The van der Waals surface area contributed by atoms with Crippen molar-refractivity contribution in [2.45, 2.75) is 18.7 Å². The van der Waals surface area contributed by atoms with Crippen LogP contribution in [0, 0.1) is 13.8 Å². The SMILES string of the molecule is Cc1ccc(-c2nc3c(NS(=O)(=O)c4ccc(C)cc4)ncnc3n2C)cc1. The molecule has 4 rings (SSSR count). The molecule has 0 fully saturated rings. The van der Waals surface area contributed by atoms with E-state index in [-0.39, 0.29) is 10.7 Å². The van der Waals surface area contributed by atoms with E-state index < -0.39 is 10.0 Å². The van der Waals surface area contributed by atoms with Crippen LogP contribution in [0.1, 0.15) is 11.1 Å². The molecule has 28 heavy (non-hydrogen) atoms. The number of hydrogen-bond acceptors (Lipinski definition) is 5. The Bertz CT molecular complexity index is 1260. The molecule has 0 unspecified atom stereocenters. The quantitative estimate of drug-likeness (QED) is 0.574. The van der Waals surface area contributed by atoms with Crippen LogP contribution >= 0.6 is 0 Å². The molecule has 0 aliphatic heterocycles. The Morgan fingerprint density at radius 3 is 2.14 bits per heavy atom. The number of hydrogen-bond donors (Lipinski definition) is 1. The molecule has 2 aromatic heterocycles. The summed E-state index contributed by atoms with van der Waals surface area (Å²) in [5.74, 6) is 0.839. The number of nitrogens with one attached hydrogen (secondary N) is 1. The van der Waals surface area contributed by atoms with E-state index in [4.69, 9.17) is 0 Å². The first-order chi connectivity index (χ1) is 13.3. The number of aromatic nitrogens is 4. The third-order valence-corrected chi connectivity index (χ3v) is 5.88. The van der Waals surface area contributed by atoms with Crippen molar-refractivity contribution in [3.8, 4) is 11.4 Å². The summed E-state index contributed by atoms with van der Waals surface area (Å²) < 4.78 is 29.9. The van der Waals surface area contributed by atoms with Crippen LogP contribution in [-0.2, 0) is 17.1 Å². The van der Waals surface area contributed by atoms with Gasteiger partial charge in [-0.3, -0.25) is 4.72 Å². The van der Waals surface area contributed by atoms with Crippen molar-refractivity contribution < 1.29 is 8.42 Å². The van der Waals surface area contributed by atoms with E-state index >= 15 is 0 Å². The van der Waals surface area contributed by atoms with Crippen molar-refractivity contribution >= 4 is 27.0 Å². The maximum absolute atomic E-state index is 12.7. The van der Waals surface area contributed by atoms with Gasteiger partial charge in [-0.2, -0.15) is 0 Å². The van der Waals surface area contributed by atoms with Crippen molar-refractivity contribution in [3.63, 3.8) is 0 Å². The van der Waals surface area contributed by atoms with Crippen LogP contribution in [0.15, 0.2) is 59.8 Å². The van der Waals surface area contributed by atoms with E-state index in [0.29, 0.717) is 17.0 Å². The Labute approximate surface area is 163 Å². The summed E-state index contributed by atoms with van der Waals surface area (Å²) in [6.07, 6.45) is 1.33. The Hall–Kier alpha value is -3.26. The van der Waals surface area contributed by atoms with Gasteiger partial charge in [0.15, 0.2) is 17.0 Å². The molecule has 4 aromatic rings. The smallest absolute Gasteiger partial charge is 0.263 e. The van der Waals surface area contributed by atoms with Crippen molar-refractivity contribution in [1.82, 2.24) is 19.5 Å². The summed E-state index contributed by atoms with van der Waals surface area (Å²) in [4.78, 5) is 13.2. The van der Waals surface area contributed by atoms with Gasteiger partial charge in [-0.25, -0.2) is 23.4 Å². The molecule has 0 spiro atoms.